The summed E-state index contributed by atoms with van der Waals surface area (Å²) in [5, 5.41) is 3.08. The molecule has 0 rings (SSSR count). The summed E-state index contributed by atoms with van der Waals surface area (Å²) in [6.45, 7) is 8.58. The summed E-state index contributed by atoms with van der Waals surface area (Å²) in [4.78, 5) is 0. The van der Waals surface area contributed by atoms with Crippen LogP contribution in [0, 0.1) is 5.41 Å². The third-order valence-corrected chi connectivity index (χ3v) is 1.47. The Balaban J connectivity index is 3.89. The van der Waals surface area contributed by atoms with E-state index in [1.807, 2.05) is 14.0 Å². The van der Waals surface area contributed by atoms with Crippen LogP contribution in [0.15, 0.2) is 0 Å². The van der Waals surface area contributed by atoms with Gasteiger partial charge in [-0.05, 0) is 24.3 Å². The number of hydrogen-bond donors (Lipinski definition) is 1. The first kappa shape index (κ1) is 10.0. The lowest BCUT2D eigenvalue weighted by atomic mass is 9.69. The highest BCUT2D eigenvalue weighted by atomic mass is 14.9. The molecule has 0 aromatic rings. The van der Waals surface area contributed by atoms with E-state index in [2.05, 4.69) is 26.1 Å². The molecule has 1 nitrogen and oxygen atoms in total. The standard InChI is InChI=1S/C8H18BN/c1-7(2,3)6-8(4,9)10-5/h10H,6H2,1-5H3. The zero-order valence-electron chi connectivity index (χ0n) is 7.78. The lowest BCUT2D eigenvalue weighted by Gasteiger charge is -2.32. The lowest BCUT2D eigenvalue weighted by molar-refractivity contribution is 0.303. The summed E-state index contributed by atoms with van der Waals surface area (Å²) in [5.74, 6) is 0. The normalized spacial score (nSPS) is 18.5. The Morgan fingerprint density at radius 1 is 1.20 bits per heavy atom. The molecule has 10 heavy (non-hydrogen) atoms. The van der Waals surface area contributed by atoms with E-state index in [1.165, 1.54) is 0 Å². The largest absolute Gasteiger partial charge is 0.323 e. The van der Waals surface area contributed by atoms with Crippen LogP contribution in [0.25, 0.3) is 0 Å². The van der Waals surface area contributed by atoms with Crippen LogP contribution >= 0.6 is 0 Å². The van der Waals surface area contributed by atoms with E-state index in [4.69, 9.17) is 7.85 Å². The molecule has 1 N–H and O–H groups in total. The highest BCUT2D eigenvalue weighted by Crippen LogP contribution is 2.24. The van der Waals surface area contributed by atoms with Gasteiger partial charge in [0.1, 0.15) is 0 Å². The molecular weight excluding hydrogens is 121 g/mol. The van der Waals surface area contributed by atoms with Gasteiger partial charge in [-0.25, -0.2) is 0 Å². The molecule has 2 heteroatoms. The quantitative estimate of drug-likeness (QED) is 0.572. The molecule has 0 aliphatic heterocycles. The second-order valence-electron chi connectivity index (χ2n) is 4.40. The third kappa shape index (κ3) is 4.86. The second-order valence-corrected chi connectivity index (χ2v) is 4.40. The van der Waals surface area contributed by atoms with Gasteiger partial charge in [-0.15, -0.1) is 0 Å². The van der Waals surface area contributed by atoms with Crippen molar-refractivity contribution in [3.8, 4) is 0 Å². The molecule has 0 saturated heterocycles. The van der Waals surface area contributed by atoms with E-state index in [1.54, 1.807) is 0 Å². The molecule has 0 aromatic carbocycles. The fourth-order valence-electron chi connectivity index (χ4n) is 1.19. The fourth-order valence-corrected chi connectivity index (χ4v) is 1.19. The Hall–Kier alpha value is 0.0249. The number of nitrogens with one attached hydrogen (secondary N) is 1. The summed E-state index contributed by atoms with van der Waals surface area (Å²) >= 11 is 0. The smallest absolute Gasteiger partial charge is 0.0950 e. The summed E-state index contributed by atoms with van der Waals surface area (Å²) < 4.78 is 0. The van der Waals surface area contributed by atoms with Crippen molar-refractivity contribution in [1.82, 2.24) is 5.32 Å². The van der Waals surface area contributed by atoms with Crippen LogP contribution in [0.4, 0.5) is 0 Å². The van der Waals surface area contributed by atoms with E-state index in [0.717, 1.165) is 6.42 Å². The van der Waals surface area contributed by atoms with Gasteiger partial charge in [0.25, 0.3) is 0 Å². The van der Waals surface area contributed by atoms with Crippen LogP contribution < -0.4 is 5.32 Å². The maximum absolute atomic E-state index is 5.89. The van der Waals surface area contributed by atoms with E-state index >= 15 is 0 Å². The Labute approximate surface area is 66.0 Å². The van der Waals surface area contributed by atoms with E-state index < -0.39 is 0 Å². The number of hydrogen-bond acceptors (Lipinski definition) is 1. The van der Waals surface area contributed by atoms with Crippen LogP contribution in [0.3, 0.4) is 0 Å². The average Bonchev–Trinajstić information content (AvgIpc) is 1.60. The Morgan fingerprint density at radius 2 is 1.60 bits per heavy atom. The van der Waals surface area contributed by atoms with Gasteiger partial charge in [-0.1, -0.05) is 27.7 Å². The van der Waals surface area contributed by atoms with Gasteiger partial charge >= 0.3 is 0 Å². The average molecular weight is 139 g/mol. The molecule has 0 saturated carbocycles. The molecule has 2 radical (unpaired) electrons. The first-order chi connectivity index (χ1) is 4.27. The molecule has 1 atom stereocenters. The summed E-state index contributed by atoms with van der Waals surface area (Å²) in [6.07, 6.45) is 0.983. The molecule has 0 aliphatic rings. The monoisotopic (exact) mass is 139 g/mol. The van der Waals surface area contributed by atoms with E-state index in [9.17, 15) is 0 Å². The highest BCUT2D eigenvalue weighted by Gasteiger charge is 2.22. The van der Waals surface area contributed by atoms with Crippen LogP contribution in [-0.4, -0.2) is 20.3 Å². The highest BCUT2D eigenvalue weighted by molar-refractivity contribution is 6.15. The van der Waals surface area contributed by atoms with E-state index in [0.29, 0.717) is 5.41 Å². The van der Waals surface area contributed by atoms with Crippen molar-refractivity contribution in [2.24, 2.45) is 5.41 Å². The topological polar surface area (TPSA) is 12.0 Å². The zero-order chi connectivity index (χ0) is 8.41. The third-order valence-electron chi connectivity index (χ3n) is 1.47. The molecule has 1 unspecified atom stereocenters. The predicted octanol–water partition coefficient (Wildman–Crippen LogP) is 1.53. The van der Waals surface area contributed by atoms with Crippen molar-refractivity contribution < 1.29 is 0 Å². The molecular formula is C8H18BN. The van der Waals surface area contributed by atoms with Crippen molar-refractivity contribution in [3.05, 3.63) is 0 Å². The zero-order valence-corrected chi connectivity index (χ0v) is 7.78. The van der Waals surface area contributed by atoms with Crippen molar-refractivity contribution in [2.75, 3.05) is 7.05 Å². The minimum Gasteiger partial charge on any atom is -0.323 e. The Morgan fingerprint density at radius 3 is 1.70 bits per heavy atom. The van der Waals surface area contributed by atoms with Crippen LogP contribution in [0.2, 0.25) is 0 Å². The molecule has 0 aliphatic carbocycles. The summed E-state index contributed by atoms with van der Waals surface area (Å²) in [5.41, 5.74) is 0.0742. The van der Waals surface area contributed by atoms with Gasteiger partial charge < -0.3 is 5.32 Å². The molecule has 0 spiro atoms. The van der Waals surface area contributed by atoms with Crippen molar-refractivity contribution in [1.29, 1.82) is 0 Å². The van der Waals surface area contributed by atoms with Crippen LogP contribution in [-0.2, 0) is 0 Å². The first-order valence-corrected chi connectivity index (χ1v) is 3.75. The van der Waals surface area contributed by atoms with Gasteiger partial charge in [0.15, 0.2) is 0 Å². The van der Waals surface area contributed by atoms with Gasteiger partial charge in [0.2, 0.25) is 0 Å². The first-order valence-electron chi connectivity index (χ1n) is 3.75. The van der Waals surface area contributed by atoms with Crippen molar-refractivity contribution >= 4 is 7.85 Å². The van der Waals surface area contributed by atoms with Gasteiger partial charge in [-0.2, -0.15) is 0 Å². The maximum atomic E-state index is 5.89. The SMILES string of the molecule is [B]C(C)(CC(C)(C)C)NC. The molecule has 58 valence electrons. The minimum atomic E-state index is -0.224. The van der Waals surface area contributed by atoms with Crippen LogP contribution in [0.1, 0.15) is 34.1 Å². The molecule has 0 heterocycles. The maximum Gasteiger partial charge on any atom is 0.0950 e. The van der Waals surface area contributed by atoms with Crippen molar-refractivity contribution in [2.45, 2.75) is 39.6 Å². The Bertz CT molecular complexity index is 102. The minimum absolute atomic E-state index is 0.224. The predicted molar refractivity (Wildman–Crippen MR) is 47.3 cm³/mol. The van der Waals surface area contributed by atoms with E-state index in [-0.39, 0.29) is 5.44 Å². The molecule has 0 fully saturated rings. The molecule has 0 amide bonds. The molecule has 0 bridgehead atoms. The lowest BCUT2D eigenvalue weighted by Crippen LogP contribution is -2.43. The van der Waals surface area contributed by atoms with Crippen molar-refractivity contribution in [3.63, 3.8) is 0 Å². The summed E-state index contributed by atoms with van der Waals surface area (Å²) in [7, 11) is 7.79. The van der Waals surface area contributed by atoms with Crippen LogP contribution in [0.5, 0.6) is 0 Å². The Kier molecular flexibility index (Phi) is 2.96. The molecule has 0 aromatic heterocycles. The number of rotatable bonds is 2. The summed E-state index contributed by atoms with van der Waals surface area (Å²) in [6, 6.07) is 0. The second kappa shape index (κ2) is 2.95. The van der Waals surface area contributed by atoms with Gasteiger partial charge in [0, 0.05) is 0 Å². The van der Waals surface area contributed by atoms with Gasteiger partial charge in [-0.3, -0.25) is 0 Å². The van der Waals surface area contributed by atoms with Gasteiger partial charge in [0.05, 0.1) is 7.85 Å². The fraction of sp³-hybridized carbons (Fsp3) is 1.00.